The van der Waals surface area contributed by atoms with Gasteiger partial charge < -0.3 is 5.73 Å². The van der Waals surface area contributed by atoms with Crippen LogP contribution in [0.5, 0.6) is 0 Å². The molecule has 3 atom stereocenters. The van der Waals surface area contributed by atoms with Gasteiger partial charge in [0.15, 0.2) is 0 Å². The zero-order chi connectivity index (χ0) is 14.9. The molecule has 2 saturated heterocycles. The van der Waals surface area contributed by atoms with Gasteiger partial charge in [-0.15, -0.1) is 0 Å². The van der Waals surface area contributed by atoms with Crippen molar-refractivity contribution in [3.63, 3.8) is 0 Å². The topological polar surface area (TPSA) is 56.3 Å². The van der Waals surface area contributed by atoms with Crippen molar-refractivity contribution < 1.29 is 0 Å². The van der Waals surface area contributed by atoms with Gasteiger partial charge in [-0.05, 0) is 38.4 Å². The van der Waals surface area contributed by atoms with Crippen LogP contribution in [0.2, 0.25) is 0 Å². The van der Waals surface area contributed by atoms with Crippen LogP contribution < -0.4 is 5.73 Å². The molecule has 3 rings (SSSR count). The maximum Gasteiger partial charge on any atom is 0.142 e. The highest BCUT2D eigenvalue weighted by molar-refractivity contribution is 5.31. The Labute approximate surface area is 127 Å². The lowest BCUT2D eigenvalue weighted by Crippen LogP contribution is -2.49. The number of fused-ring (bicyclic) bond motifs is 2. The second kappa shape index (κ2) is 5.76. The summed E-state index contributed by atoms with van der Waals surface area (Å²) in [5.41, 5.74) is 6.42. The molecule has 112 valence electrons. The molecule has 0 saturated carbocycles. The quantitative estimate of drug-likeness (QED) is 0.914. The average molecular weight is 284 g/mol. The van der Waals surface area contributed by atoms with E-state index < -0.39 is 5.54 Å². The monoisotopic (exact) mass is 284 g/mol. The lowest BCUT2D eigenvalue weighted by Gasteiger charge is -2.32. The highest BCUT2D eigenvalue weighted by atomic mass is 15.3. The Balaban J connectivity index is 1.74. The van der Waals surface area contributed by atoms with Crippen LogP contribution >= 0.6 is 0 Å². The van der Waals surface area contributed by atoms with Crippen LogP contribution in [0, 0.1) is 11.3 Å². The summed E-state index contributed by atoms with van der Waals surface area (Å²) < 4.78 is 0. The number of hydrogen-bond donors (Lipinski definition) is 1. The summed E-state index contributed by atoms with van der Waals surface area (Å²) in [5.74, 6) is 0. The largest absolute Gasteiger partial charge is 0.309 e. The van der Waals surface area contributed by atoms with Gasteiger partial charge in [0.1, 0.15) is 5.54 Å². The van der Waals surface area contributed by atoms with Crippen LogP contribution in [0.25, 0.3) is 0 Å². The number of nitriles is 1. The summed E-state index contributed by atoms with van der Waals surface area (Å²) >= 11 is 0. The molecule has 0 spiro atoms. The fourth-order valence-corrected chi connectivity index (χ4v) is 3.80. The van der Waals surface area contributed by atoms with Crippen molar-refractivity contribution in [1.82, 2.24) is 9.80 Å². The third-order valence-electron chi connectivity index (χ3n) is 5.19. The third-order valence-corrected chi connectivity index (χ3v) is 5.19. The highest BCUT2D eigenvalue weighted by Crippen LogP contribution is 2.29. The van der Waals surface area contributed by atoms with Gasteiger partial charge in [-0.2, -0.15) is 5.26 Å². The highest BCUT2D eigenvalue weighted by Gasteiger charge is 2.37. The van der Waals surface area contributed by atoms with Crippen LogP contribution in [-0.4, -0.2) is 48.6 Å². The van der Waals surface area contributed by atoms with Crippen LogP contribution in [0.3, 0.4) is 0 Å². The molecule has 2 fully saturated rings. The van der Waals surface area contributed by atoms with E-state index in [1.54, 1.807) is 0 Å². The van der Waals surface area contributed by atoms with Gasteiger partial charge in [-0.25, -0.2) is 0 Å². The Kier molecular flexibility index (Phi) is 3.99. The van der Waals surface area contributed by atoms with Crippen molar-refractivity contribution in [2.24, 2.45) is 5.73 Å². The zero-order valence-electron chi connectivity index (χ0n) is 12.7. The minimum atomic E-state index is -0.913. The molecule has 2 aliphatic heterocycles. The first-order chi connectivity index (χ1) is 10.1. The van der Waals surface area contributed by atoms with Gasteiger partial charge >= 0.3 is 0 Å². The lowest BCUT2D eigenvalue weighted by atomic mass is 9.91. The Morgan fingerprint density at radius 1 is 1.24 bits per heavy atom. The molecule has 0 amide bonds. The summed E-state index contributed by atoms with van der Waals surface area (Å²) in [5, 5.41) is 9.61. The van der Waals surface area contributed by atoms with E-state index in [0.717, 1.165) is 18.7 Å². The van der Waals surface area contributed by atoms with E-state index in [4.69, 9.17) is 5.73 Å². The number of likely N-dealkylation sites (tertiary alicyclic amines) is 1. The first-order valence-corrected chi connectivity index (χ1v) is 7.82. The molecule has 0 radical (unpaired) electrons. The predicted octanol–water partition coefficient (Wildman–Crippen LogP) is 1.53. The van der Waals surface area contributed by atoms with E-state index in [-0.39, 0.29) is 0 Å². The third kappa shape index (κ3) is 2.82. The summed E-state index contributed by atoms with van der Waals surface area (Å²) in [4.78, 5) is 4.91. The SMILES string of the molecule is CN1C2CCC1CN(CC(N)(C#N)c1ccccc1)CC2. The number of hydrogen-bond acceptors (Lipinski definition) is 4. The van der Waals surface area contributed by atoms with E-state index in [1.807, 2.05) is 30.3 Å². The maximum absolute atomic E-state index is 9.61. The van der Waals surface area contributed by atoms with Crippen molar-refractivity contribution in [2.45, 2.75) is 36.9 Å². The Bertz CT molecular complexity index is 523. The van der Waals surface area contributed by atoms with E-state index in [2.05, 4.69) is 22.9 Å². The minimum Gasteiger partial charge on any atom is -0.309 e. The molecule has 0 aromatic heterocycles. The summed E-state index contributed by atoms with van der Waals surface area (Å²) in [6, 6.07) is 13.5. The van der Waals surface area contributed by atoms with Gasteiger partial charge in [0, 0.05) is 25.2 Å². The molecule has 3 unspecified atom stereocenters. The minimum absolute atomic E-state index is 0.616. The van der Waals surface area contributed by atoms with E-state index >= 15 is 0 Å². The fraction of sp³-hybridized carbons (Fsp3) is 0.588. The van der Waals surface area contributed by atoms with Gasteiger partial charge in [0.2, 0.25) is 0 Å². The average Bonchev–Trinajstić information content (AvgIpc) is 2.76. The molecule has 1 aromatic carbocycles. The Morgan fingerprint density at radius 3 is 2.67 bits per heavy atom. The van der Waals surface area contributed by atoms with Gasteiger partial charge in [0.25, 0.3) is 0 Å². The summed E-state index contributed by atoms with van der Waals surface area (Å²) in [6.07, 6.45) is 3.77. The van der Waals surface area contributed by atoms with Crippen LogP contribution in [-0.2, 0) is 5.54 Å². The van der Waals surface area contributed by atoms with Crippen molar-refractivity contribution in [3.8, 4) is 6.07 Å². The van der Waals surface area contributed by atoms with E-state index in [9.17, 15) is 5.26 Å². The van der Waals surface area contributed by atoms with Gasteiger partial charge in [0.05, 0.1) is 6.07 Å². The number of likely N-dealkylation sites (N-methyl/N-ethyl adjacent to an activating group) is 1. The Hall–Kier alpha value is -1.41. The molecule has 0 aliphatic carbocycles. The van der Waals surface area contributed by atoms with Crippen molar-refractivity contribution in [3.05, 3.63) is 35.9 Å². The Morgan fingerprint density at radius 2 is 1.95 bits per heavy atom. The second-order valence-electron chi connectivity index (χ2n) is 6.52. The van der Waals surface area contributed by atoms with Crippen LogP contribution in [0.4, 0.5) is 0 Å². The summed E-state index contributed by atoms with van der Waals surface area (Å²) in [7, 11) is 2.24. The second-order valence-corrected chi connectivity index (χ2v) is 6.52. The fourth-order valence-electron chi connectivity index (χ4n) is 3.80. The molecule has 4 heteroatoms. The standard InChI is InChI=1S/C17H24N4/c1-20-15-7-8-16(20)11-21(10-9-15)13-17(19,12-18)14-5-3-2-4-6-14/h2-6,15-16H,7-11,13,19H2,1H3. The molecular weight excluding hydrogens is 260 g/mol. The van der Waals surface area contributed by atoms with Crippen molar-refractivity contribution >= 4 is 0 Å². The molecule has 2 bridgehead atoms. The van der Waals surface area contributed by atoms with E-state index in [0.29, 0.717) is 18.6 Å². The number of rotatable bonds is 3. The molecule has 2 N–H and O–H groups in total. The number of benzene rings is 1. The normalized spacial score (nSPS) is 29.6. The lowest BCUT2D eigenvalue weighted by molar-refractivity contribution is 0.199. The number of nitrogens with two attached hydrogens (primary N) is 1. The summed E-state index contributed by atoms with van der Waals surface area (Å²) in [6.45, 7) is 2.68. The predicted molar refractivity (Wildman–Crippen MR) is 83.6 cm³/mol. The molecule has 2 heterocycles. The first kappa shape index (κ1) is 14.5. The zero-order valence-corrected chi connectivity index (χ0v) is 12.7. The van der Waals surface area contributed by atoms with Gasteiger partial charge in [-0.3, -0.25) is 9.80 Å². The van der Waals surface area contributed by atoms with Crippen LogP contribution in [0.15, 0.2) is 30.3 Å². The first-order valence-electron chi connectivity index (χ1n) is 7.82. The maximum atomic E-state index is 9.61. The molecular formula is C17H24N4. The molecule has 4 nitrogen and oxygen atoms in total. The van der Waals surface area contributed by atoms with Crippen LogP contribution in [0.1, 0.15) is 24.8 Å². The molecule has 1 aromatic rings. The smallest absolute Gasteiger partial charge is 0.142 e. The molecule has 21 heavy (non-hydrogen) atoms. The van der Waals surface area contributed by atoms with Crippen molar-refractivity contribution in [2.75, 3.05) is 26.7 Å². The van der Waals surface area contributed by atoms with E-state index in [1.165, 1.54) is 19.3 Å². The van der Waals surface area contributed by atoms with Gasteiger partial charge in [-0.1, -0.05) is 30.3 Å². The number of nitrogens with zero attached hydrogens (tertiary/aromatic N) is 3. The van der Waals surface area contributed by atoms with Crippen molar-refractivity contribution in [1.29, 1.82) is 5.26 Å². The molecule has 2 aliphatic rings.